The smallest absolute Gasteiger partial charge is 0.228 e. The fraction of sp³-hybridized carbons (Fsp3) is 0.929. The number of likely N-dealkylation sites (tertiary alicyclic amines) is 1. The molecule has 0 radical (unpaired) electrons. The minimum absolute atomic E-state index is 0.111. The second-order valence-corrected chi connectivity index (χ2v) is 6.04. The number of hydrogen-bond acceptors (Lipinski definition) is 2. The number of piperidine rings is 1. The lowest BCUT2D eigenvalue weighted by Gasteiger charge is -2.39. The molecule has 0 aromatic heterocycles. The van der Waals surface area contributed by atoms with Crippen molar-refractivity contribution in [3.63, 3.8) is 0 Å². The quantitative estimate of drug-likeness (QED) is 0.802. The van der Waals surface area contributed by atoms with E-state index >= 15 is 0 Å². The van der Waals surface area contributed by atoms with E-state index in [-0.39, 0.29) is 17.4 Å². The van der Waals surface area contributed by atoms with Gasteiger partial charge < -0.3 is 10.0 Å². The van der Waals surface area contributed by atoms with Gasteiger partial charge in [0.1, 0.15) is 0 Å². The minimum atomic E-state index is -0.208. The SMILES string of the molecule is CCC1CN(C(=O)C2(C)CCCC2)CCC1O. The molecule has 2 atom stereocenters. The van der Waals surface area contributed by atoms with Gasteiger partial charge in [-0.2, -0.15) is 0 Å². The molecule has 2 aliphatic rings. The Bertz CT molecular complexity index is 284. The lowest BCUT2D eigenvalue weighted by atomic mass is 9.84. The van der Waals surface area contributed by atoms with Crippen molar-refractivity contribution in [2.24, 2.45) is 11.3 Å². The minimum Gasteiger partial charge on any atom is -0.393 e. The van der Waals surface area contributed by atoms with E-state index in [2.05, 4.69) is 13.8 Å². The Kier molecular flexibility index (Phi) is 3.76. The van der Waals surface area contributed by atoms with Crippen LogP contribution in [-0.2, 0) is 4.79 Å². The zero-order valence-corrected chi connectivity index (χ0v) is 11.1. The molecule has 3 nitrogen and oxygen atoms in total. The fourth-order valence-electron chi connectivity index (χ4n) is 3.36. The van der Waals surface area contributed by atoms with E-state index in [1.807, 2.05) is 4.90 Å². The summed E-state index contributed by atoms with van der Waals surface area (Å²) in [5, 5.41) is 9.86. The normalized spacial score (nSPS) is 32.8. The summed E-state index contributed by atoms with van der Waals surface area (Å²) >= 11 is 0. The molecule has 1 saturated heterocycles. The van der Waals surface area contributed by atoms with Crippen LogP contribution in [0.25, 0.3) is 0 Å². The second kappa shape index (κ2) is 4.97. The van der Waals surface area contributed by atoms with E-state index < -0.39 is 0 Å². The number of carbonyl (C=O) groups is 1. The summed E-state index contributed by atoms with van der Waals surface area (Å²) < 4.78 is 0. The van der Waals surface area contributed by atoms with Crippen molar-refractivity contribution in [2.45, 2.75) is 58.5 Å². The number of nitrogens with zero attached hydrogens (tertiary/aromatic N) is 1. The van der Waals surface area contributed by atoms with E-state index in [1.165, 1.54) is 12.8 Å². The van der Waals surface area contributed by atoms with E-state index in [0.29, 0.717) is 5.91 Å². The van der Waals surface area contributed by atoms with E-state index in [0.717, 1.165) is 38.8 Å². The Hall–Kier alpha value is -0.570. The molecular formula is C14H25NO2. The van der Waals surface area contributed by atoms with Crippen LogP contribution in [0.5, 0.6) is 0 Å². The van der Waals surface area contributed by atoms with Gasteiger partial charge in [-0.3, -0.25) is 4.79 Å². The van der Waals surface area contributed by atoms with Crippen LogP contribution in [0.4, 0.5) is 0 Å². The molecule has 1 saturated carbocycles. The van der Waals surface area contributed by atoms with Crippen LogP contribution in [0.1, 0.15) is 52.4 Å². The Morgan fingerprint density at radius 3 is 2.65 bits per heavy atom. The summed E-state index contributed by atoms with van der Waals surface area (Å²) in [6.45, 7) is 5.71. The Morgan fingerprint density at radius 1 is 1.41 bits per heavy atom. The highest BCUT2D eigenvalue weighted by Gasteiger charge is 2.41. The van der Waals surface area contributed by atoms with Crippen LogP contribution in [0, 0.1) is 11.3 Å². The zero-order valence-electron chi connectivity index (χ0n) is 11.1. The van der Waals surface area contributed by atoms with Gasteiger partial charge in [-0.25, -0.2) is 0 Å². The van der Waals surface area contributed by atoms with Crippen LogP contribution < -0.4 is 0 Å². The first-order valence-electron chi connectivity index (χ1n) is 7.04. The van der Waals surface area contributed by atoms with Gasteiger partial charge in [0.05, 0.1) is 6.10 Å². The predicted octanol–water partition coefficient (Wildman–Crippen LogP) is 2.19. The number of amides is 1. The molecule has 17 heavy (non-hydrogen) atoms. The highest BCUT2D eigenvalue weighted by atomic mass is 16.3. The first kappa shape index (κ1) is 12.9. The molecule has 3 heteroatoms. The summed E-state index contributed by atoms with van der Waals surface area (Å²) in [6, 6.07) is 0. The monoisotopic (exact) mass is 239 g/mol. The van der Waals surface area contributed by atoms with Crippen molar-refractivity contribution < 1.29 is 9.90 Å². The molecule has 2 fully saturated rings. The zero-order chi connectivity index (χ0) is 12.5. The first-order chi connectivity index (χ1) is 8.07. The summed E-state index contributed by atoms with van der Waals surface area (Å²) in [7, 11) is 0. The Balaban J connectivity index is 2.00. The summed E-state index contributed by atoms with van der Waals surface area (Å²) in [5.74, 6) is 0.609. The number of rotatable bonds is 2. The maximum absolute atomic E-state index is 12.5. The van der Waals surface area contributed by atoms with Gasteiger partial charge in [-0.05, 0) is 25.7 Å². The third kappa shape index (κ3) is 2.49. The van der Waals surface area contributed by atoms with Gasteiger partial charge in [0.25, 0.3) is 0 Å². The number of hydrogen-bond donors (Lipinski definition) is 1. The summed E-state index contributed by atoms with van der Waals surface area (Å²) in [6.07, 6.45) is 5.97. The Morgan fingerprint density at radius 2 is 2.06 bits per heavy atom. The first-order valence-corrected chi connectivity index (χ1v) is 7.04. The van der Waals surface area contributed by atoms with E-state index in [4.69, 9.17) is 0 Å². The molecule has 1 amide bonds. The van der Waals surface area contributed by atoms with Crippen LogP contribution in [0.3, 0.4) is 0 Å². The van der Waals surface area contributed by atoms with Crippen LogP contribution in [-0.4, -0.2) is 35.1 Å². The van der Waals surface area contributed by atoms with E-state index in [1.54, 1.807) is 0 Å². The topological polar surface area (TPSA) is 40.5 Å². The van der Waals surface area contributed by atoms with Crippen molar-refractivity contribution in [1.82, 2.24) is 4.90 Å². The molecule has 1 N–H and O–H groups in total. The van der Waals surface area contributed by atoms with Gasteiger partial charge in [-0.1, -0.05) is 26.7 Å². The number of carbonyl (C=O) groups excluding carboxylic acids is 1. The third-order valence-electron chi connectivity index (χ3n) is 4.73. The maximum Gasteiger partial charge on any atom is 0.228 e. The number of aliphatic hydroxyl groups excluding tert-OH is 1. The van der Waals surface area contributed by atoms with Gasteiger partial charge in [-0.15, -0.1) is 0 Å². The average molecular weight is 239 g/mol. The van der Waals surface area contributed by atoms with Crippen molar-refractivity contribution >= 4 is 5.91 Å². The summed E-state index contributed by atoms with van der Waals surface area (Å²) in [5.41, 5.74) is -0.111. The van der Waals surface area contributed by atoms with Gasteiger partial charge in [0, 0.05) is 24.4 Å². The molecule has 0 aromatic carbocycles. The summed E-state index contributed by atoms with van der Waals surface area (Å²) in [4.78, 5) is 14.5. The average Bonchev–Trinajstić information content (AvgIpc) is 2.77. The molecule has 2 rings (SSSR count). The molecule has 1 aliphatic heterocycles. The van der Waals surface area contributed by atoms with Gasteiger partial charge in [0.2, 0.25) is 5.91 Å². The van der Waals surface area contributed by atoms with Crippen molar-refractivity contribution in [3.8, 4) is 0 Å². The highest BCUT2D eigenvalue weighted by molar-refractivity contribution is 5.82. The molecule has 2 unspecified atom stereocenters. The molecular weight excluding hydrogens is 214 g/mol. The van der Waals surface area contributed by atoms with Crippen LogP contribution in [0.15, 0.2) is 0 Å². The molecule has 0 aromatic rings. The predicted molar refractivity (Wildman–Crippen MR) is 67.6 cm³/mol. The second-order valence-electron chi connectivity index (χ2n) is 6.04. The molecule has 0 spiro atoms. The van der Waals surface area contributed by atoms with Crippen molar-refractivity contribution in [1.29, 1.82) is 0 Å². The maximum atomic E-state index is 12.5. The molecule has 0 bridgehead atoms. The fourth-order valence-corrected chi connectivity index (χ4v) is 3.36. The van der Waals surface area contributed by atoms with Crippen molar-refractivity contribution in [2.75, 3.05) is 13.1 Å². The molecule has 1 aliphatic carbocycles. The molecule has 1 heterocycles. The number of aliphatic hydroxyl groups is 1. The lowest BCUT2D eigenvalue weighted by Crippen LogP contribution is -2.50. The van der Waals surface area contributed by atoms with Gasteiger partial charge >= 0.3 is 0 Å². The van der Waals surface area contributed by atoms with E-state index in [9.17, 15) is 9.90 Å². The standard InChI is InChI=1S/C14H25NO2/c1-3-11-10-15(9-6-12(11)16)13(17)14(2)7-4-5-8-14/h11-12,16H,3-10H2,1-2H3. The largest absolute Gasteiger partial charge is 0.393 e. The highest BCUT2D eigenvalue weighted by Crippen LogP contribution is 2.40. The third-order valence-corrected chi connectivity index (χ3v) is 4.73. The molecule has 98 valence electrons. The van der Waals surface area contributed by atoms with Gasteiger partial charge in [0.15, 0.2) is 0 Å². The van der Waals surface area contributed by atoms with Crippen molar-refractivity contribution in [3.05, 3.63) is 0 Å². The lowest BCUT2D eigenvalue weighted by molar-refractivity contribution is -0.144. The van der Waals surface area contributed by atoms with Crippen LogP contribution in [0.2, 0.25) is 0 Å². The van der Waals surface area contributed by atoms with Crippen LogP contribution >= 0.6 is 0 Å². The Labute approximate surface area is 104 Å².